The lowest BCUT2D eigenvalue weighted by atomic mass is 10.1. The number of nitrogens with zero attached hydrogens (tertiary/aromatic N) is 1. The monoisotopic (exact) mass is 267 g/mol. The van der Waals surface area contributed by atoms with Crippen LogP contribution >= 0.6 is 15.9 Å². The number of aryl methyl sites for hydroxylation is 3. The molecule has 0 fully saturated rings. The van der Waals surface area contributed by atoms with Crippen LogP contribution in [0.25, 0.3) is 10.9 Å². The highest BCUT2D eigenvalue weighted by molar-refractivity contribution is 9.10. The minimum absolute atomic E-state index is 0.923. The Balaban J connectivity index is 3.01. The molecule has 0 saturated heterocycles. The van der Waals surface area contributed by atoms with E-state index in [4.69, 9.17) is 4.74 Å². The Kier molecular flexibility index (Phi) is 2.51. The number of rotatable bonds is 1. The summed E-state index contributed by atoms with van der Waals surface area (Å²) in [6.07, 6.45) is 0. The molecule has 15 heavy (non-hydrogen) atoms. The van der Waals surface area contributed by atoms with Crippen molar-refractivity contribution in [1.82, 2.24) is 4.57 Å². The molecular weight excluding hydrogens is 254 g/mol. The molecule has 2 aromatic rings. The van der Waals surface area contributed by atoms with E-state index in [1.165, 1.54) is 16.5 Å². The summed E-state index contributed by atoms with van der Waals surface area (Å²) in [7, 11) is 3.75. The number of fused-ring (bicyclic) bond motifs is 1. The minimum Gasteiger partial charge on any atom is -0.495 e. The van der Waals surface area contributed by atoms with Crippen molar-refractivity contribution in [3.63, 3.8) is 0 Å². The summed E-state index contributed by atoms with van der Waals surface area (Å²) in [4.78, 5) is 0. The summed E-state index contributed by atoms with van der Waals surface area (Å²) < 4.78 is 8.63. The standard InChI is InChI=1S/C12H14BrNO/c1-7-5-6-9(15-4)11-10(7)8(2)12(13)14(11)3/h5-6H,1-4H3. The van der Waals surface area contributed by atoms with Gasteiger partial charge in [0.1, 0.15) is 5.75 Å². The van der Waals surface area contributed by atoms with E-state index in [2.05, 4.69) is 40.4 Å². The first-order valence-corrected chi connectivity index (χ1v) is 5.65. The van der Waals surface area contributed by atoms with Crippen LogP contribution in [-0.2, 0) is 7.05 Å². The predicted molar refractivity (Wildman–Crippen MR) is 66.6 cm³/mol. The summed E-state index contributed by atoms with van der Waals surface area (Å²) in [6.45, 7) is 4.25. The second-order valence-electron chi connectivity index (χ2n) is 3.78. The molecule has 0 saturated carbocycles. The summed E-state index contributed by atoms with van der Waals surface area (Å²) in [5, 5.41) is 1.28. The Hall–Kier alpha value is -0.960. The van der Waals surface area contributed by atoms with Gasteiger partial charge in [0.25, 0.3) is 0 Å². The number of benzene rings is 1. The summed E-state index contributed by atoms with van der Waals surface area (Å²) in [5.41, 5.74) is 3.70. The smallest absolute Gasteiger partial charge is 0.143 e. The van der Waals surface area contributed by atoms with E-state index in [1.54, 1.807) is 7.11 Å². The highest BCUT2D eigenvalue weighted by atomic mass is 79.9. The van der Waals surface area contributed by atoms with Crippen LogP contribution < -0.4 is 4.74 Å². The SMILES string of the molecule is COc1ccc(C)c2c(C)c(Br)n(C)c12. The molecule has 0 aliphatic carbocycles. The van der Waals surface area contributed by atoms with Crippen LogP contribution in [0.1, 0.15) is 11.1 Å². The van der Waals surface area contributed by atoms with Crippen LogP contribution in [0.5, 0.6) is 5.75 Å². The molecule has 80 valence electrons. The van der Waals surface area contributed by atoms with E-state index in [1.807, 2.05) is 13.1 Å². The molecule has 1 aromatic heterocycles. The number of ether oxygens (including phenoxy) is 1. The molecule has 2 rings (SSSR count). The molecule has 0 radical (unpaired) electrons. The fourth-order valence-corrected chi connectivity index (χ4v) is 2.47. The Labute approximate surface area is 98.0 Å². The topological polar surface area (TPSA) is 14.2 Å². The van der Waals surface area contributed by atoms with Crippen LogP contribution in [0.2, 0.25) is 0 Å². The molecule has 3 heteroatoms. The van der Waals surface area contributed by atoms with Gasteiger partial charge in [-0.2, -0.15) is 0 Å². The van der Waals surface area contributed by atoms with Gasteiger partial charge in [-0.15, -0.1) is 0 Å². The van der Waals surface area contributed by atoms with Crippen LogP contribution in [-0.4, -0.2) is 11.7 Å². The van der Waals surface area contributed by atoms with Gasteiger partial charge in [0.05, 0.1) is 17.2 Å². The minimum atomic E-state index is 0.923. The van der Waals surface area contributed by atoms with E-state index < -0.39 is 0 Å². The van der Waals surface area contributed by atoms with Gasteiger partial charge < -0.3 is 9.30 Å². The second-order valence-corrected chi connectivity index (χ2v) is 4.53. The Bertz CT molecular complexity index is 528. The Morgan fingerprint density at radius 3 is 2.53 bits per heavy atom. The van der Waals surface area contributed by atoms with Crippen molar-refractivity contribution < 1.29 is 4.74 Å². The first-order chi connectivity index (χ1) is 7.07. The van der Waals surface area contributed by atoms with E-state index in [9.17, 15) is 0 Å². The van der Waals surface area contributed by atoms with Crippen molar-refractivity contribution in [2.24, 2.45) is 7.05 Å². The fourth-order valence-electron chi connectivity index (χ4n) is 2.10. The zero-order chi connectivity index (χ0) is 11.2. The van der Waals surface area contributed by atoms with Crippen LogP contribution in [0.15, 0.2) is 16.7 Å². The third kappa shape index (κ3) is 1.37. The first-order valence-electron chi connectivity index (χ1n) is 4.86. The van der Waals surface area contributed by atoms with Crippen molar-refractivity contribution in [2.45, 2.75) is 13.8 Å². The number of hydrogen-bond acceptors (Lipinski definition) is 1. The molecule has 0 bridgehead atoms. The van der Waals surface area contributed by atoms with Crippen molar-refractivity contribution >= 4 is 26.8 Å². The number of hydrogen-bond donors (Lipinski definition) is 0. The number of aromatic nitrogens is 1. The summed E-state index contributed by atoms with van der Waals surface area (Å²) in [5.74, 6) is 0.923. The van der Waals surface area contributed by atoms with Gasteiger partial charge in [-0.1, -0.05) is 6.07 Å². The molecule has 0 unspecified atom stereocenters. The fraction of sp³-hybridized carbons (Fsp3) is 0.333. The lowest BCUT2D eigenvalue weighted by Crippen LogP contribution is -1.92. The van der Waals surface area contributed by atoms with Gasteiger partial charge in [0.2, 0.25) is 0 Å². The van der Waals surface area contributed by atoms with E-state index in [0.29, 0.717) is 0 Å². The van der Waals surface area contributed by atoms with E-state index >= 15 is 0 Å². The average Bonchev–Trinajstić information content (AvgIpc) is 2.46. The zero-order valence-electron chi connectivity index (χ0n) is 9.39. The van der Waals surface area contributed by atoms with Crippen molar-refractivity contribution in [3.05, 3.63) is 27.9 Å². The maximum atomic E-state index is 5.39. The lowest BCUT2D eigenvalue weighted by molar-refractivity contribution is 0.418. The molecule has 1 aromatic carbocycles. The van der Waals surface area contributed by atoms with Crippen molar-refractivity contribution in [1.29, 1.82) is 0 Å². The van der Waals surface area contributed by atoms with Crippen LogP contribution in [0.3, 0.4) is 0 Å². The van der Waals surface area contributed by atoms with Crippen LogP contribution in [0, 0.1) is 13.8 Å². The third-order valence-electron chi connectivity index (χ3n) is 2.88. The maximum Gasteiger partial charge on any atom is 0.143 e. The molecule has 2 nitrogen and oxygen atoms in total. The van der Waals surface area contributed by atoms with E-state index in [-0.39, 0.29) is 0 Å². The molecule has 0 aliphatic heterocycles. The highest BCUT2D eigenvalue weighted by Crippen LogP contribution is 2.36. The Morgan fingerprint density at radius 2 is 1.93 bits per heavy atom. The number of halogens is 1. The van der Waals surface area contributed by atoms with Gasteiger partial charge in [-0.3, -0.25) is 0 Å². The number of methoxy groups -OCH3 is 1. The molecule has 1 heterocycles. The lowest BCUT2D eigenvalue weighted by Gasteiger charge is -2.06. The molecule has 0 amide bonds. The van der Waals surface area contributed by atoms with E-state index in [0.717, 1.165) is 15.9 Å². The van der Waals surface area contributed by atoms with Crippen molar-refractivity contribution in [3.8, 4) is 5.75 Å². The summed E-state index contributed by atoms with van der Waals surface area (Å²) in [6, 6.07) is 4.12. The van der Waals surface area contributed by atoms with Gasteiger partial charge >= 0.3 is 0 Å². The zero-order valence-corrected chi connectivity index (χ0v) is 11.0. The predicted octanol–water partition coefficient (Wildman–Crippen LogP) is 3.57. The second kappa shape index (κ2) is 3.56. The van der Waals surface area contributed by atoms with Gasteiger partial charge in [-0.25, -0.2) is 0 Å². The molecular formula is C12H14BrNO. The molecule has 0 N–H and O–H groups in total. The van der Waals surface area contributed by atoms with Gasteiger partial charge in [0, 0.05) is 12.4 Å². The van der Waals surface area contributed by atoms with Gasteiger partial charge in [0.15, 0.2) is 0 Å². The average molecular weight is 268 g/mol. The molecule has 0 atom stereocenters. The third-order valence-corrected chi connectivity index (χ3v) is 4.01. The van der Waals surface area contributed by atoms with Crippen molar-refractivity contribution in [2.75, 3.05) is 7.11 Å². The molecule has 0 aliphatic rings. The highest BCUT2D eigenvalue weighted by Gasteiger charge is 2.14. The van der Waals surface area contributed by atoms with Gasteiger partial charge in [-0.05, 0) is 47.0 Å². The largest absolute Gasteiger partial charge is 0.495 e. The Morgan fingerprint density at radius 1 is 1.27 bits per heavy atom. The first kappa shape index (κ1) is 10.6. The quantitative estimate of drug-likeness (QED) is 0.771. The maximum absolute atomic E-state index is 5.39. The summed E-state index contributed by atoms with van der Waals surface area (Å²) >= 11 is 3.60. The van der Waals surface area contributed by atoms with Crippen LogP contribution in [0.4, 0.5) is 0 Å². The normalized spacial score (nSPS) is 11.0. The molecule has 0 spiro atoms.